The zero-order valence-corrected chi connectivity index (χ0v) is 4.13. The molecule has 0 unspecified atom stereocenters. The largest absolute Gasteiger partial charge is 0.381 e. The second-order valence-electron chi connectivity index (χ2n) is 0.933. The summed E-state index contributed by atoms with van der Waals surface area (Å²) in [5.74, 6) is 0. The molecular formula is C4H8O3. The van der Waals surface area contributed by atoms with E-state index in [1.165, 1.54) is 0 Å². The highest BCUT2D eigenvalue weighted by Crippen LogP contribution is 1.71. The molecule has 0 radical (unpaired) electrons. The van der Waals surface area contributed by atoms with Crippen molar-refractivity contribution in [3.8, 4) is 0 Å². The molecule has 0 amide bonds. The van der Waals surface area contributed by atoms with Crippen LogP contribution in [0.2, 0.25) is 0 Å². The van der Waals surface area contributed by atoms with Gasteiger partial charge < -0.3 is 9.62 Å². The van der Waals surface area contributed by atoms with Crippen molar-refractivity contribution < 1.29 is 14.9 Å². The van der Waals surface area contributed by atoms with E-state index in [0.717, 1.165) is 6.26 Å². The molecule has 0 aromatic rings. The first-order valence-electron chi connectivity index (χ1n) is 1.86. The van der Waals surface area contributed by atoms with Gasteiger partial charge >= 0.3 is 0 Å². The van der Waals surface area contributed by atoms with Crippen molar-refractivity contribution in [3.63, 3.8) is 0 Å². The Labute approximate surface area is 42.1 Å². The van der Waals surface area contributed by atoms with Crippen LogP contribution in [0.3, 0.4) is 0 Å². The minimum absolute atomic E-state index is 0.459. The number of ether oxygens (including phenoxy) is 1. The fraction of sp³-hybridized carbons (Fsp3) is 0.500. The summed E-state index contributed by atoms with van der Waals surface area (Å²) in [6.07, 6.45) is 2.68. The first-order chi connectivity index (χ1) is 3.41. The topological polar surface area (TPSA) is 38.7 Å². The summed E-state index contributed by atoms with van der Waals surface area (Å²) >= 11 is 0. The van der Waals surface area contributed by atoms with E-state index >= 15 is 0 Å². The van der Waals surface area contributed by atoms with Crippen LogP contribution in [-0.4, -0.2) is 19.0 Å². The monoisotopic (exact) mass is 104 g/mol. The lowest BCUT2D eigenvalue weighted by atomic mass is 10.7. The van der Waals surface area contributed by atoms with Crippen LogP contribution in [0.1, 0.15) is 0 Å². The number of methoxy groups -OCH3 is 1. The van der Waals surface area contributed by atoms with E-state index in [0.29, 0.717) is 6.61 Å². The van der Waals surface area contributed by atoms with Gasteiger partial charge in [0, 0.05) is 7.11 Å². The summed E-state index contributed by atoms with van der Waals surface area (Å²) in [6.45, 7) is 0.459. The van der Waals surface area contributed by atoms with Gasteiger partial charge in [-0.25, -0.2) is 5.26 Å². The third kappa shape index (κ3) is 5.46. The summed E-state index contributed by atoms with van der Waals surface area (Å²) in [5, 5.41) is 7.65. The Hall–Kier alpha value is -0.540. The van der Waals surface area contributed by atoms with Gasteiger partial charge in [0.05, 0.1) is 6.61 Å². The maximum atomic E-state index is 7.65. The summed E-state index contributed by atoms with van der Waals surface area (Å²) in [5.41, 5.74) is 0. The third-order valence-electron chi connectivity index (χ3n) is 0.420. The van der Waals surface area contributed by atoms with Crippen LogP contribution in [0.15, 0.2) is 12.3 Å². The molecular weight excluding hydrogens is 96.0 g/mol. The van der Waals surface area contributed by atoms with Crippen molar-refractivity contribution in [2.45, 2.75) is 0 Å². The maximum absolute atomic E-state index is 7.65. The standard InChI is InChI=1S/C4H8O3/c1-6-3-2-4-7-5/h2,4-5H,3H2,1H3/b4-2+. The molecule has 0 saturated heterocycles. The SMILES string of the molecule is COC/C=C/OO. The molecule has 0 saturated carbocycles. The van der Waals surface area contributed by atoms with Gasteiger partial charge in [0.1, 0.15) is 6.26 Å². The van der Waals surface area contributed by atoms with Crippen molar-refractivity contribution in [1.29, 1.82) is 0 Å². The Morgan fingerprint density at radius 2 is 2.43 bits per heavy atom. The molecule has 0 aliphatic heterocycles. The Kier molecular flexibility index (Phi) is 5.04. The molecule has 0 aromatic heterocycles. The summed E-state index contributed by atoms with van der Waals surface area (Å²) in [6, 6.07) is 0. The van der Waals surface area contributed by atoms with E-state index in [2.05, 4.69) is 9.62 Å². The fourth-order valence-corrected chi connectivity index (χ4v) is 0.179. The van der Waals surface area contributed by atoms with Crippen LogP contribution in [0, 0.1) is 0 Å². The van der Waals surface area contributed by atoms with Crippen LogP contribution in [0.5, 0.6) is 0 Å². The van der Waals surface area contributed by atoms with Gasteiger partial charge in [-0.05, 0) is 6.08 Å². The van der Waals surface area contributed by atoms with Crippen molar-refractivity contribution >= 4 is 0 Å². The molecule has 0 aliphatic rings. The van der Waals surface area contributed by atoms with Gasteiger partial charge in [-0.3, -0.25) is 0 Å². The molecule has 0 bridgehead atoms. The molecule has 3 heteroatoms. The molecule has 3 nitrogen and oxygen atoms in total. The second kappa shape index (κ2) is 5.46. The van der Waals surface area contributed by atoms with Gasteiger partial charge in [-0.2, -0.15) is 0 Å². The van der Waals surface area contributed by atoms with Crippen molar-refractivity contribution in [1.82, 2.24) is 0 Å². The predicted molar refractivity (Wildman–Crippen MR) is 24.7 cm³/mol. The normalized spacial score (nSPS) is 10.0. The average molecular weight is 104 g/mol. The number of rotatable bonds is 3. The van der Waals surface area contributed by atoms with Crippen LogP contribution in [0.4, 0.5) is 0 Å². The molecule has 1 N–H and O–H groups in total. The summed E-state index contributed by atoms with van der Waals surface area (Å²) in [4.78, 5) is 3.58. The van der Waals surface area contributed by atoms with Crippen molar-refractivity contribution in [3.05, 3.63) is 12.3 Å². The van der Waals surface area contributed by atoms with Gasteiger partial charge in [0.15, 0.2) is 0 Å². The summed E-state index contributed by atoms with van der Waals surface area (Å²) < 4.78 is 4.57. The number of hydrogen-bond donors (Lipinski definition) is 1. The highest BCUT2D eigenvalue weighted by Gasteiger charge is 1.67. The first kappa shape index (κ1) is 6.46. The van der Waals surface area contributed by atoms with E-state index in [9.17, 15) is 0 Å². The Balaban J connectivity index is 2.78. The molecule has 0 aliphatic carbocycles. The Bertz CT molecular complexity index is 50.9. The molecule has 7 heavy (non-hydrogen) atoms. The molecule has 0 spiro atoms. The summed E-state index contributed by atoms with van der Waals surface area (Å²) in [7, 11) is 1.56. The minimum atomic E-state index is 0.459. The first-order valence-corrected chi connectivity index (χ1v) is 1.86. The Morgan fingerprint density at radius 1 is 1.71 bits per heavy atom. The van der Waals surface area contributed by atoms with Crippen LogP contribution < -0.4 is 0 Å². The smallest absolute Gasteiger partial charge is 0.127 e. The lowest BCUT2D eigenvalue weighted by molar-refractivity contribution is -0.187. The van der Waals surface area contributed by atoms with Gasteiger partial charge in [0.25, 0.3) is 0 Å². The Morgan fingerprint density at radius 3 is 2.86 bits per heavy atom. The number of hydrogen-bond acceptors (Lipinski definition) is 3. The van der Waals surface area contributed by atoms with Gasteiger partial charge in [-0.15, -0.1) is 0 Å². The highest BCUT2D eigenvalue weighted by molar-refractivity contribution is 4.70. The zero-order valence-electron chi connectivity index (χ0n) is 4.13. The lowest BCUT2D eigenvalue weighted by Gasteiger charge is -1.84. The van der Waals surface area contributed by atoms with Crippen molar-refractivity contribution in [2.75, 3.05) is 13.7 Å². The van der Waals surface area contributed by atoms with E-state index in [1.54, 1.807) is 13.2 Å². The van der Waals surface area contributed by atoms with E-state index < -0.39 is 0 Å². The quantitative estimate of drug-likeness (QED) is 0.324. The molecule has 0 atom stereocenters. The molecule has 42 valence electrons. The third-order valence-corrected chi connectivity index (χ3v) is 0.420. The predicted octanol–water partition coefficient (Wildman–Crippen LogP) is 0.636. The van der Waals surface area contributed by atoms with Gasteiger partial charge in [0.2, 0.25) is 0 Å². The molecule has 0 heterocycles. The van der Waals surface area contributed by atoms with Gasteiger partial charge in [-0.1, -0.05) is 0 Å². The molecule has 0 aromatic carbocycles. The maximum Gasteiger partial charge on any atom is 0.127 e. The van der Waals surface area contributed by atoms with E-state index in [-0.39, 0.29) is 0 Å². The second-order valence-corrected chi connectivity index (χ2v) is 0.933. The highest BCUT2D eigenvalue weighted by atomic mass is 17.1. The van der Waals surface area contributed by atoms with Crippen LogP contribution >= 0.6 is 0 Å². The molecule has 0 fully saturated rings. The minimum Gasteiger partial charge on any atom is -0.381 e. The van der Waals surface area contributed by atoms with Crippen LogP contribution in [-0.2, 0) is 9.62 Å². The van der Waals surface area contributed by atoms with Crippen LogP contribution in [0.25, 0.3) is 0 Å². The lowest BCUT2D eigenvalue weighted by Crippen LogP contribution is -1.80. The fourth-order valence-electron chi connectivity index (χ4n) is 0.179. The average Bonchev–Trinajstić information content (AvgIpc) is 1.69. The van der Waals surface area contributed by atoms with E-state index in [1.807, 2.05) is 0 Å². The van der Waals surface area contributed by atoms with E-state index in [4.69, 9.17) is 5.26 Å². The molecule has 0 rings (SSSR count). The van der Waals surface area contributed by atoms with Crippen molar-refractivity contribution in [2.24, 2.45) is 0 Å². The zero-order chi connectivity index (χ0) is 5.54.